The molecule has 0 spiro atoms. The lowest BCUT2D eigenvalue weighted by Gasteiger charge is -2.31. The number of nitrogens with zero attached hydrogens (tertiary/aromatic N) is 1. The number of aryl methyl sites for hydroxylation is 2. The molecule has 122 valence electrons. The number of hydrogen-bond acceptors (Lipinski definition) is 3. The lowest BCUT2D eigenvalue weighted by Crippen LogP contribution is -2.33. The topological polar surface area (TPSA) is 33.5 Å². The van der Waals surface area contributed by atoms with E-state index in [4.69, 9.17) is 4.42 Å². The highest BCUT2D eigenvalue weighted by Crippen LogP contribution is 2.30. The Morgan fingerprint density at radius 3 is 2.57 bits per heavy atom. The molecule has 1 saturated carbocycles. The number of rotatable bonds is 3. The lowest BCUT2D eigenvalue weighted by atomic mass is 9.94. The number of hydrogen-bond donors (Lipinski definition) is 0. The molecule has 0 bridgehead atoms. The van der Waals surface area contributed by atoms with E-state index in [0.29, 0.717) is 6.04 Å². The van der Waals surface area contributed by atoms with Crippen molar-refractivity contribution in [2.24, 2.45) is 0 Å². The van der Waals surface area contributed by atoms with Crippen LogP contribution in [0.1, 0.15) is 55.2 Å². The van der Waals surface area contributed by atoms with E-state index in [2.05, 4.69) is 24.1 Å². The molecule has 0 amide bonds. The van der Waals surface area contributed by atoms with Gasteiger partial charge in [0.2, 0.25) is 0 Å². The van der Waals surface area contributed by atoms with Crippen LogP contribution in [0.5, 0.6) is 0 Å². The first-order valence-corrected chi connectivity index (χ1v) is 8.99. The van der Waals surface area contributed by atoms with Gasteiger partial charge in [-0.2, -0.15) is 0 Å². The summed E-state index contributed by atoms with van der Waals surface area (Å²) in [6.07, 6.45) is 10.1. The molecule has 0 aliphatic heterocycles. The molecule has 1 aromatic carbocycles. The smallest absolute Gasteiger partial charge is 0.336 e. The molecule has 1 fully saturated rings. The standard InChI is InChI=1S/C20H25NO2/c1-21(17-8-3-2-4-9-17)13-16-12-20(22)23-19-11-15-7-5-6-14(15)10-18(16)19/h10-12,17H,2-9,13H2,1H3. The van der Waals surface area contributed by atoms with Crippen molar-refractivity contribution < 1.29 is 4.42 Å². The third kappa shape index (κ3) is 2.94. The summed E-state index contributed by atoms with van der Waals surface area (Å²) in [5.74, 6) is 0. The number of fused-ring (bicyclic) bond motifs is 2. The zero-order valence-electron chi connectivity index (χ0n) is 13.9. The van der Waals surface area contributed by atoms with Gasteiger partial charge in [-0.3, -0.25) is 4.90 Å². The summed E-state index contributed by atoms with van der Waals surface area (Å²) in [5.41, 5.74) is 4.47. The lowest BCUT2D eigenvalue weighted by molar-refractivity contribution is 0.185. The highest BCUT2D eigenvalue weighted by Gasteiger charge is 2.20. The van der Waals surface area contributed by atoms with Crippen molar-refractivity contribution >= 4 is 11.0 Å². The highest BCUT2D eigenvalue weighted by molar-refractivity contribution is 5.82. The third-order valence-electron chi connectivity index (χ3n) is 5.66. The average Bonchev–Trinajstić information content (AvgIpc) is 3.01. The zero-order chi connectivity index (χ0) is 15.8. The van der Waals surface area contributed by atoms with Gasteiger partial charge < -0.3 is 4.42 Å². The molecule has 23 heavy (non-hydrogen) atoms. The van der Waals surface area contributed by atoms with Crippen LogP contribution in [0.4, 0.5) is 0 Å². The van der Waals surface area contributed by atoms with Gasteiger partial charge in [-0.1, -0.05) is 19.3 Å². The molecule has 4 rings (SSSR count). The van der Waals surface area contributed by atoms with Crippen molar-refractivity contribution in [3.8, 4) is 0 Å². The molecule has 0 saturated heterocycles. The fourth-order valence-electron chi connectivity index (χ4n) is 4.35. The Kier molecular flexibility index (Phi) is 3.98. The largest absolute Gasteiger partial charge is 0.423 e. The molecule has 2 aliphatic rings. The highest BCUT2D eigenvalue weighted by atomic mass is 16.4. The van der Waals surface area contributed by atoms with Gasteiger partial charge in [0.15, 0.2) is 0 Å². The molecule has 0 N–H and O–H groups in total. The summed E-state index contributed by atoms with van der Waals surface area (Å²) < 4.78 is 5.48. The summed E-state index contributed by atoms with van der Waals surface area (Å²) in [6.45, 7) is 0.839. The maximum absolute atomic E-state index is 12.0. The van der Waals surface area contributed by atoms with Crippen LogP contribution >= 0.6 is 0 Å². The Morgan fingerprint density at radius 2 is 1.78 bits per heavy atom. The van der Waals surface area contributed by atoms with Gasteiger partial charge in [-0.05, 0) is 68.0 Å². The third-order valence-corrected chi connectivity index (χ3v) is 5.66. The van der Waals surface area contributed by atoms with Crippen molar-refractivity contribution in [1.29, 1.82) is 0 Å². The Morgan fingerprint density at radius 1 is 1.04 bits per heavy atom. The minimum atomic E-state index is -0.220. The van der Waals surface area contributed by atoms with E-state index >= 15 is 0 Å². The average molecular weight is 311 g/mol. The Labute approximate surface area is 137 Å². The van der Waals surface area contributed by atoms with Crippen LogP contribution in [0.2, 0.25) is 0 Å². The van der Waals surface area contributed by atoms with Crippen molar-refractivity contribution in [2.75, 3.05) is 7.05 Å². The summed E-state index contributed by atoms with van der Waals surface area (Å²) in [5, 5.41) is 1.13. The van der Waals surface area contributed by atoms with Gasteiger partial charge in [0, 0.05) is 24.0 Å². The molecule has 0 radical (unpaired) electrons. The van der Waals surface area contributed by atoms with E-state index in [9.17, 15) is 4.79 Å². The van der Waals surface area contributed by atoms with Crippen molar-refractivity contribution in [2.45, 2.75) is 64.0 Å². The van der Waals surface area contributed by atoms with E-state index < -0.39 is 0 Å². The normalized spacial score (nSPS) is 18.7. The Bertz CT molecular complexity index is 771. The minimum Gasteiger partial charge on any atom is -0.423 e. The molecule has 0 unspecified atom stereocenters. The van der Waals surface area contributed by atoms with Crippen LogP contribution in [0.3, 0.4) is 0 Å². The van der Waals surface area contributed by atoms with Crippen LogP contribution in [0.25, 0.3) is 11.0 Å². The quantitative estimate of drug-likeness (QED) is 0.802. The van der Waals surface area contributed by atoms with Gasteiger partial charge in [-0.15, -0.1) is 0 Å². The summed E-state index contributed by atoms with van der Waals surface area (Å²) >= 11 is 0. The molecule has 3 heteroatoms. The van der Waals surface area contributed by atoms with Crippen LogP contribution in [0.15, 0.2) is 27.4 Å². The second kappa shape index (κ2) is 6.12. The van der Waals surface area contributed by atoms with Gasteiger partial charge in [0.1, 0.15) is 5.58 Å². The molecule has 1 aromatic heterocycles. The van der Waals surface area contributed by atoms with Crippen LogP contribution in [-0.4, -0.2) is 18.0 Å². The van der Waals surface area contributed by atoms with Crippen LogP contribution in [-0.2, 0) is 19.4 Å². The monoisotopic (exact) mass is 311 g/mol. The molecule has 2 aliphatic carbocycles. The van der Waals surface area contributed by atoms with Crippen molar-refractivity contribution in [3.05, 3.63) is 45.3 Å². The first-order chi connectivity index (χ1) is 11.2. The number of benzene rings is 1. The van der Waals surface area contributed by atoms with E-state index in [0.717, 1.165) is 35.9 Å². The maximum atomic E-state index is 12.0. The Balaban J connectivity index is 1.69. The van der Waals surface area contributed by atoms with Gasteiger partial charge in [0.25, 0.3) is 0 Å². The van der Waals surface area contributed by atoms with Crippen molar-refractivity contribution in [3.63, 3.8) is 0 Å². The second-order valence-electron chi connectivity index (χ2n) is 7.27. The van der Waals surface area contributed by atoms with Crippen molar-refractivity contribution in [1.82, 2.24) is 4.90 Å². The predicted molar refractivity (Wildman–Crippen MR) is 92.8 cm³/mol. The van der Waals surface area contributed by atoms with Gasteiger partial charge in [-0.25, -0.2) is 4.79 Å². The predicted octanol–water partition coefficient (Wildman–Crippen LogP) is 4.05. The first kappa shape index (κ1) is 14.9. The summed E-state index contributed by atoms with van der Waals surface area (Å²) in [7, 11) is 2.20. The maximum Gasteiger partial charge on any atom is 0.336 e. The minimum absolute atomic E-state index is 0.220. The molecule has 1 heterocycles. The summed E-state index contributed by atoms with van der Waals surface area (Å²) in [6, 6.07) is 6.72. The molecule has 3 nitrogen and oxygen atoms in total. The summed E-state index contributed by atoms with van der Waals surface area (Å²) in [4.78, 5) is 14.4. The fraction of sp³-hybridized carbons (Fsp3) is 0.550. The molecule has 2 aromatic rings. The van der Waals surface area contributed by atoms with E-state index in [-0.39, 0.29) is 5.63 Å². The SMILES string of the molecule is CN(Cc1cc(=O)oc2cc3c(cc12)CCC3)C1CCCCC1. The first-order valence-electron chi connectivity index (χ1n) is 8.99. The second-order valence-corrected chi connectivity index (χ2v) is 7.27. The Hall–Kier alpha value is -1.61. The van der Waals surface area contributed by atoms with E-state index in [1.54, 1.807) is 6.07 Å². The molecular formula is C20H25NO2. The van der Waals surface area contributed by atoms with Gasteiger partial charge >= 0.3 is 5.63 Å². The van der Waals surface area contributed by atoms with E-state index in [1.165, 1.54) is 49.7 Å². The fourth-order valence-corrected chi connectivity index (χ4v) is 4.35. The zero-order valence-corrected chi connectivity index (χ0v) is 13.9. The van der Waals surface area contributed by atoms with Crippen LogP contribution in [0, 0.1) is 0 Å². The van der Waals surface area contributed by atoms with Crippen LogP contribution < -0.4 is 5.63 Å². The molecular weight excluding hydrogens is 286 g/mol. The van der Waals surface area contributed by atoms with E-state index in [1.807, 2.05) is 0 Å². The van der Waals surface area contributed by atoms with Gasteiger partial charge in [0.05, 0.1) is 0 Å². The molecule has 0 atom stereocenters.